The van der Waals surface area contributed by atoms with E-state index in [1.165, 1.54) is 25.1 Å². The summed E-state index contributed by atoms with van der Waals surface area (Å²) < 4.78 is 26.1. The highest BCUT2D eigenvalue weighted by atomic mass is 32.2. The summed E-state index contributed by atoms with van der Waals surface area (Å²) in [6.45, 7) is 1.76. The van der Waals surface area contributed by atoms with Crippen molar-refractivity contribution in [2.75, 3.05) is 30.6 Å². The van der Waals surface area contributed by atoms with Gasteiger partial charge in [0.25, 0.3) is 0 Å². The SMILES string of the molecule is COC(=O)C(C)CSCCS(C)(=O)=O. The van der Waals surface area contributed by atoms with Crippen LogP contribution in [-0.4, -0.2) is 45.0 Å². The smallest absolute Gasteiger partial charge is 0.309 e. The molecule has 1 unspecified atom stereocenters. The molecule has 14 heavy (non-hydrogen) atoms. The maximum Gasteiger partial charge on any atom is 0.309 e. The van der Waals surface area contributed by atoms with E-state index < -0.39 is 9.84 Å². The Kier molecular flexibility index (Phi) is 6.19. The molecule has 0 saturated carbocycles. The van der Waals surface area contributed by atoms with Crippen molar-refractivity contribution >= 4 is 27.6 Å². The van der Waals surface area contributed by atoms with Gasteiger partial charge in [-0.2, -0.15) is 11.8 Å². The van der Waals surface area contributed by atoms with Gasteiger partial charge < -0.3 is 4.74 Å². The molecule has 1 atom stereocenters. The van der Waals surface area contributed by atoms with Gasteiger partial charge >= 0.3 is 5.97 Å². The average molecular weight is 240 g/mol. The number of hydrogen-bond acceptors (Lipinski definition) is 5. The average Bonchev–Trinajstić information content (AvgIpc) is 2.09. The van der Waals surface area contributed by atoms with E-state index in [0.717, 1.165) is 0 Å². The standard InChI is InChI=1S/C8H16O4S2/c1-7(8(9)12-2)6-13-4-5-14(3,10)11/h7H,4-6H2,1-3H3. The van der Waals surface area contributed by atoms with E-state index in [1.54, 1.807) is 6.92 Å². The highest BCUT2D eigenvalue weighted by molar-refractivity contribution is 8.00. The Bertz CT molecular complexity index is 271. The van der Waals surface area contributed by atoms with Crippen LogP contribution in [0.5, 0.6) is 0 Å². The Morgan fingerprint density at radius 3 is 2.50 bits per heavy atom. The fourth-order valence-electron chi connectivity index (χ4n) is 0.740. The maximum atomic E-state index is 10.9. The quantitative estimate of drug-likeness (QED) is 0.502. The predicted molar refractivity (Wildman–Crippen MR) is 58.2 cm³/mol. The van der Waals surface area contributed by atoms with Crippen molar-refractivity contribution in [1.29, 1.82) is 0 Å². The van der Waals surface area contributed by atoms with Crippen LogP contribution in [0.4, 0.5) is 0 Å². The number of methoxy groups -OCH3 is 1. The van der Waals surface area contributed by atoms with Gasteiger partial charge in [0, 0.05) is 17.8 Å². The summed E-state index contributed by atoms with van der Waals surface area (Å²) in [7, 11) is -1.54. The van der Waals surface area contributed by atoms with E-state index in [-0.39, 0.29) is 17.6 Å². The largest absolute Gasteiger partial charge is 0.469 e. The number of thioether (sulfide) groups is 1. The van der Waals surface area contributed by atoms with E-state index in [9.17, 15) is 13.2 Å². The number of hydrogen-bond donors (Lipinski definition) is 0. The molecular weight excluding hydrogens is 224 g/mol. The molecule has 0 aromatic rings. The lowest BCUT2D eigenvalue weighted by atomic mass is 10.2. The summed E-state index contributed by atoms with van der Waals surface area (Å²) in [4.78, 5) is 10.9. The van der Waals surface area contributed by atoms with Gasteiger partial charge in [-0.25, -0.2) is 8.42 Å². The van der Waals surface area contributed by atoms with E-state index in [1.807, 2.05) is 0 Å². The molecule has 0 N–H and O–H groups in total. The van der Waals surface area contributed by atoms with Crippen molar-refractivity contribution in [2.45, 2.75) is 6.92 Å². The van der Waals surface area contributed by atoms with Crippen LogP contribution in [0.1, 0.15) is 6.92 Å². The van der Waals surface area contributed by atoms with Gasteiger partial charge in [0.1, 0.15) is 9.84 Å². The van der Waals surface area contributed by atoms with E-state index in [2.05, 4.69) is 4.74 Å². The number of esters is 1. The van der Waals surface area contributed by atoms with E-state index in [4.69, 9.17) is 0 Å². The van der Waals surface area contributed by atoms with Gasteiger partial charge in [-0.15, -0.1) is 0 Å². The monoisotopic (exact) mass is 240 g/mol. The minimum atomic E-state index is -2.88. The molecule has 0 radical (unpaired) electrons. The summed E-state index contributed by atoms with van der Waals surface area (Å²) in [6, 6.07) is 0. The number of carbonyl (C=O) groups excluding carboxylic acids is 1. The van der Waals surface area contributed by atoms with Crippen molar-refractivity contribution in [3.63, 3.8) is 0 Å². The molecule has 0 amide bonds. The number of sulfone groups is 1. The second-order valence-electron chi connectivity index (χ2n) is 3.13. The summed E-state index contributed by atoms with van der Waals surface area (Å²) in [5, 5.41) is 0. The van der Waals surface area contributed by atoms with Gasteiger partial charge in [0.05, 0.1) is 18.8 Å². The van der Waals surface area contributed by atoms with Gasteiger partial charge in [0.15, 0.2) is 0 Å². The molecule has 0 aliphatic rings. The normalized spacial score (nSPS) is 13.6. The molecule has 0 heterocycles. The topological polar surface area (TPSA) is 60.4 Å². The minimum absolute atomic E-state index is 0.158. The lowest BCUT2D eigenvalue weighted by molar-refractivity contribution is -0.143. The van der Waals surface area contributed by atoms with Gasteiger partial charge in [-0.05, 0) is 0 Å². The summed E-state index contributed by atoms with van der Waals surface area (Å²) in [5.41, 5.74) is 0. The lowest BCUT2D eigenvalue weighted by Gasteiger charge is -2.07. The summed E-state index contributed by atoms with van der Waals surface area (Å²) in [5.74, 6) is 0.856. The molecule has 0 bridgehead atoms. The number of ether oxygens (including phenoxy) is 1. The molecule has 0 rings (SSSR count). The lowest BCUT2D eigenvalue weighted by Crippen LogP contribution is -2.16. The van der Waals surface area contributed by atoms with Crippen LogP contribution < -0.4 is 0 Å². The minimum Gasteiger partial charge on any atom is -0.469 e. The molecular formula is C8H16O4S2. The van der Waals surface area contributed by atoms with Crippen LogP contribution in [0.2, 0.25) is 0 Å². The first-order valence-electron chi connectivity index (χ1n) is 4.20. The van der Waals surface area contributed by atoms with Crippen LogP contribution in [0.25, 0.3) is 0 Å². The second kappa shape index (κ2) is 6.29. The molecule has 0 aromatic heterocycles. The van der Waals surface area contributed by atoms with Crippen LogP contribution in [-0.2, 0) is 19.4 Å². The summed E-state index contributed by atoms with van der Waals surface area (Å²) in [6.07, 6.45) is 1.21. The molecule has 0 aliphatic heterocycles. The molecule has 6 heteroatoms. The fraction of sp³-hybridized carbons (Fsp3) is 0.875. The second-order valence-corrected chi connectivity index (χ2v) is 6.54. The maximum absolute atomic E-state index is 10.9. The first kappa shape index (κ1) is 13.8. The van der Waals surface area contributed by atoms with Crippen molar-refractivity contribution in [3.05, 3.63) is 0 Å². The fourth-order valence-corrected chi connectivity index (χ4v) is 3.08. The number of carbonyl (C=O) groups is 1. The molecule has 0 fully saturated rings. The first-order valence-corrected chi connectivity index (χ1v) is 7.41. The van der Waals surface area contributed by atoms with Crippen molar-refractivity contribution in [2.24, 2.45) is 5.92 Å². The zero-order chi connectivity index (χ0) is 11.2. The van der Waals surface area contributed by atoms with Crippen molar-refractivity contribution < 1.29 is 17.9 Å². The third-order valence-electron chi connectivity index (χ3n) is 1.57. The Labute approximate surface area is 89.3 Å². The Morgan fingerprint density at radius 2 is 2.07 bits per heavy atom. The van der Waals surface area contributed by atoms with Crippen molar-refractivity contribution in [3.8, 4) is 0 Å². The van der Waals surface area contributed by atoms with Gasteiger partial charge in [-0.1, -0.05) is 6.92 Å². The number of rotatable bonds is 6. The molecule has 0 spiro atoms. The highest BCUT2D eigenvalue weighted by Crippen LogP contribution is 2.09. The third-order valence-corrected chi connectivity index (χ3v) is 4.00. The first-order chi connectivity index (χ1) is 6.37. The Balaban J connectivity index is 3.60. The zero-order valence-electron chi connectivity index (χ0n) is 8.65. The van der Waals surface area contributed by atoms with Crippen LogP contribution in [0, 0.1) is 5.92 Å². The van der Waals surface area contributed by atoms with E-state index in [0.29, 0.717) is 11.5 Å². The van der Waals surface area contributed by atoms with Crippen LogP contribution in [0.15, 0.2) is 0 Å². The zero-order valence-corrected chi connectivity index (χ0v) is 10.3. The van der Waals surface area contributed by atoms with Gasteiger partial charge in [-0.3, -0.25) is 4.79 Å². The van der Waals surface area contributed by atoms with Gasteiger partial charge in [0.2, 0.25) is 0 Å². The Hall–Kier alpha value is -0.230. The highest BCUT2D eigenvalue weighted by Gasteiger charge is 2.12. The Morgan fingerprint density at radius 1 is 1.50 bits per heavy atom. The molecule has 84 valence electrons. The summed E-state index contributed by atoms with van der Waals surface area (Å²) >= 11 is 1.45. The van der Waals surface area contributed by atoms with E-state index >= 15 is 0 Å². The third kappa shape index (κ3) is 7.20. The van der Waals surface area contributed by atoms with Crippen LogP contribution >= 0.6 is 11.8 Å². The molecule has 0 saturated heterocycles. The molecule has 4 nitrogen and oxygen atoms in total. The molecule has 0 aliphatic carbocycles. The predicted octanol–water partition coefficient (Wildman–Crippen LogP) is 0.573. The van der Waals surface area contributed by atoms with Crippen LogP contribution in [0.3, 0.4) is 0 Å². The van der Waals surface area contributed by atoms with Crippen molar-refractivity contribution in [1.82, 2.24) is 0 Å². The molecule has 0 aromatic carbocycles.